The van der Waals surface area contributed by atoms with E-state index in [1.807, 2.05) is 42.3 Å². The molecule has 1 atom stereocenters. The van der Waals surface area contributed by atoms with E-state index in [9.17, 15) is 5.11 Å². The molecule has 106 valence electrons. The third-order valence-electron chi connectivity index (χ3n) is 2.83. The van der Waals surface area contributed by atoms with Crippen molar-refractivity contribution in [3.05, 3.63) is 35.9 Å². The van der Waals surface area contributed by atoms with Gasteiger partial charge in [0, 0.05) is 13.1 Å². The van der Waals surface area contributed by atoms with Gasteiger partial charge in [-0.2, -0.15) is 0 Å². The highest BCUT2D eigenvalue weighted by atomic mass is 16.4. The van der Waals surface area contributed by atoms with Crippen LogP contribution in [0.1, 0.15) is 25.3 Å². The molecule has 0 spiro atoms. The summed E-state index contributed by atoms with van der Waals surface area (Å²) >= 11 is 0. The van der Waals surface area contributed by atoms with Crippen molar-refractivity contribution in [1.29, 1.82) is 0 Å². The van der Waals surface area contributed by atoms with Crippen molar-refractivity contribution >= 4 is 5.84 Å². The number of aliphatic hydroxyl groups is 1. The van der Waals surface area contributed by atoms with Crippen molar-refractivity contribution < 1.29 is 10.3 Å². The van der Waals surface area contributed by atoms with Crippen LogP contribution in [-0.2, 0) is 0 Å². The highest BCUT2D eigenvalue weighted by Gasteiger charge is 2.22. The Balaban J connectivity index is 2.83. The Morgan fingerprint density at radius 3 is 2.42 bits per heavy atom. The number of likely N-dealkylation sites (N-methyl/N-ethyl adjacent to an activating group) is 1. The second-order valence-corrected chi connectivity index (χ2v) is 5.50. The molecule has 0 aliphatic heterocycles. The Bertz CT molecular complexity index is 412. The summed E-state index contributed by atoms with van der Waals surface area (Å²) in [5.74, 6) is -0.0210. The maximum Gasteiger partial charge on any atom is 0.147 e. The van der Waals surface area contributed by atoms with E-state index in [0.29, 0.717) is 13.1 Å². The van der Waals surface area contributed by atoms with Gasteiger partial charge in [0.25, 0.3) is 0 Å². The molecule has 5 nitrogen and oxygen atoms in total. The first kappa shape index (κ1) is 15.5. The first-order chi connectivity index (χ1) is 8.83. The van der Waals surface area contributed by atoms with E-state index >= 15 is 0 Å². The molecule has 1 aromatic carbocycles. The molecular formula is C14H23N3O2. The molecule has 1 unspecified atom stereocenters. The molecular weight excluding hydrogens is 242 g/mol. The lowest BCUT2D eigenvalue weighted by Gasteiger charge is -2.28. The van der Waals surface area contributed by atoms with Gasteiger partial charge in [-0.25, -0.2) is 0 Å². The van der Waals surface area contributed by atoms with Crippen LogP contribution in [0.3, 0.4) is 0 Å². The Hall–Kier alpha value is -1.59. The number of amidine groups is 1. The third kappa shape index (κ3) is 5.28. The molecule has 1 aromatic rings. The average molecular weight is 265 g/mol. The molecule has 0 saturated heterocycles. The van der Waals surface area contributed by atoms with Crippen LogP contribution in [0, 0.1) is 0 Å². The number of rotatable bonds is 6. The van der Waals surface area contributed by atoms with E-state index in [1.165, 1.54) is 0 Å². The van der Waals surface area contributed by atoms with Gasteiger partial charge in [-0.05, 0) is 26.5 Å². The minimum Gasteiger partial charge on any atom is -0.409 e. The first-order valence-corrected chi connectivity index (χ1v) is 6.27. The van der Waals surface area contributed by atoms with Gasteiger partial charge in [0.05, 0.1) is 11.5 Å². The number of oxime groups is 1. The Morgan fingerprint density at radius 2 is 1.95 bits per heavy atom. The zero-order chi connectivity index (χ0) is 14.5. The predicted octanol–water partition coefficient (Wildman–Crippen LogP) is 1.22. The van der Waals surface area contributed by atoms with Crippen molar-refractivity contribution in [2.45, 2.75) is 25.4 Å². The quantitative estimate of drug-likeness (QED) is 0.312. The normalized spacial score (nSPS) is 14.7. The van der Waals surface area contributed by atoms with E-state index in [-0.39, 0.29) is 11.8 Å². The molecule has 19 heavy (non-hydrogen) atoms. The van der Waals surface area contributed by atoms with Gasteiger partial charge < -0.3 is 20.9 Å². The van der Waals surface area contributed by atoms with Crippen LogP contribution in [-0.4, -0.2) is 46.8 Å². The number of benzene rings is 1. The highest BCUT2D eigenvalue weighted by Crippen LogP contribution is 2.18. The second kappa shape index (κ2) is 6.54. The monoisotopic (exact) mass is 265 g/mol. The average Bonchev–Trinajstić information content (AvgIpc) is 2.34. The smallest absolute Gasteiger partial charge is 0.147 e. The summed E-state index contributed by atoms with van der Waals surface area (Å²) < 4.78 is 0. The lowest BCUT2D eigenvalue weighted by atomic mass is 9.97. The lowest BCUT2D eigenvalue weighted by molar-refractivity contribution is 0.0443. The number of hydrogen-bond donors (Lipinski definition) is 3. The topological polar surface area (TPSA) is 82.1 Å². The summed E-state index contributed by atoms with van der Waals surface area (Å²) in [6, 6.07) is 9.65. The summed E-state index contributed by atoms with van der Waals surface area (Å²) in [5.41, 5.74) is 5.98. The van der Waals surface area contributed by atoms with Gasteiger partial charge in [0.1, 0.15) is 5.84 Å². The standard InChI is InChI=1S/C14H23N3O2/c1-14(2,18)10-17(3)9-12(13(15)16-19)11-7-5-4-6-8-11/h4-8,12,18-19H,9-10H2,1-3H3,(H2,15,16). The van der Waals surface area contributed by atoms with Crippen LogP contribution in [0.5, 0.6) is 0 Å². The SMILES string of the molecule is CN(CC(C(N)=NO)c1ccccc1)CC(C)(C)O. The van der Waals surface area contributed by atoms with Gasteiger partial charge >= 0.3 is 0 Å². The number of nitrogens with zero attached hydrogens (tertiary/aromatic N) is 2. The van der Waals surface area contributed by atoms with Crippen LogP contribution in [0.2, 0.25) is 0 Å². The van der Waals surface area contributed by atoms with Crippen LogP contribution < -0.4 is 5.73 Å². The second-order valence-electron chi connectivity index (χ2n) is 5.50. The van der Waals surface area contributed by atoms with Crippen LogP contribution in [0.4, 0.5) is 0 Å². The van der Waals surface area contributed by atoms with Crippen LogP contribution >= 0.6 is 0 Å². The summed E-state index contributed by atoms with van der Waals surface area (Å²) in [6.45, 7) is 4.59. The van der Waals surface area contributed by atoms with E-state index in [4.69, 9.17) is 10.9 Å². The number of nitrogens with two attached hydrogens (primary N) is 1. The van der Waals surface area contributed by atoms with Crippen molar-refractivity contribution in [3.8, 4) is 0 Å². The maximum absolute atomic E-state index is 9.81. The summed E-state index contributed by atoms with van der Waals surface area (Å²) in [5, 5.41) is 21.8. The van der Waals surface area contributed by atoms with Crippen molar-refractivity contribution in [1.82, 2.24) is 4.90 Å². The molecule has 1 rings (SSSR count). The molecule has 0 aromatic heterocycles. The Labute approximate surface area is 114 Å². The highest BCUT2D eigenvalue weighted by molar-refractivity contribution is 5.87. The van der Waals surface area contributed by atoms with Crippen molar-refractivity contribution in [3.63, 3.8) is 0 Å². The van der Waals surface area contributed by atoms with Gasteiger partial charge in [-0.15, -0.1) is 0 Å². The summed E-state index contributed by atoms with van der Waals surface area (Å²) in [6.07, 6.45) is 0. The molecule has 0 radical (unpaired) electrons. The van der Waals surface area contributed by atoms with Crippen molar-refractivity contribution in [2.75, 3.05) is 20.1 Å². The Kier molecular flexibility index (Phi) is 5.32. The van der Waals surface area contributed by atoms with E-state index < -0.39 is 5.60 Å². The fraction of sp³-hybridized carbons (Fsp3) is 0.500. The minimum absolute atomic E-state index is 0.175. The third-order valence-corrected chi connectivity index (χ3v) is 2.83. The molecule has 0 fully saturated rings. The molecule has 0 amide bonds. The van der Waals surface area contributed by atoms with Gasteiger partial charge in [0.15, 0.2) is 0 Å². The fourth-order valence-corrected chi connectivity index (χ4v) is 2.16. The number of hydrogen-bond acceptors (Lipinski definition) is 4. The van der Waals surface area contributed by atoms with Gasteiger partial charge in [-0.3, -0.25) is 0 Å². The molecule has 4 N–H and O–H groups in total. The van der Waals surface area contributed by atoms with Crippen LogP contribution in [0.15, 0.2) is 35.5 Å². The Morgan fingerprint density at radius 1 is 1.37 bits per heavy atom. The van der Waals surface area contributed by atoms with E-state index in [0.717, 1.165) is 5.56 Å². The van der Waals surface area contributed by atoms with E-state index in [2.05, 4.69) is 5.16 Å². The lowest BCUT2D eigenvalue weighted by Crippen LogP contribution is -2.40. The molecule has 0 aliphatic rings. The van der Waals surface area contributed by atoms with Crippen LogP contribution in [0.25, 0.3) is 0 Å². The van der Waals surface area contributed by atoms with Gasteiger partial charge in [0.2, 0.25) is 0 Å². The predicted molar refractivity (Wildman–Crippen MR) is 76.4 cm³/mol. The van der Waals surface area contributed by atoms with Gasteiger partial charge in [-0.1, -0.05) is 35.5 Å². The summed E-state index contributed by atoms with van der Waals surface area (Å²) in [4.78, 5) is 1.97. The molecule has 0 saturated carbocycles. The minimum atomic E-state index is -0.777. The molecule has 0 bridgehead atoms. The molecule has 5 heteroatoms. The molecule has 0 heterocycles. The van der Waals surface area contributed by atoms with E-state index in [1.54, 1.807) is 13.8 Å². The zero-order valence-electron chi connectivity index (χ0n) is 11.7. The first-order valence-electron chi connectivity index (χ1n) is 6.27. The largest absolute Gasteiger partial charge is 0.409 e. The van der Waals surface area contributed by atoms with Crippen molar-refractivity contribution in [2.24, 2.45) is 10.9 Å². The zero-order valence-corrected chi connectivity index (χ0v) is 11.7. The molecule has 0 aliphatic carbocycles. The maximum atomic E-state index is 9.81. The fourth-order valence-electron chi connectivity index (χ4n) is 2.16. The summed E-state index contributed by atoms with van der Waals surface area (Å²) in [7, 11) is 1.90.